The van der Waals surface area contributed by atoms with Crippen LogP contribution in [0.2, 0.25) is 0 Å². The predicted octanol–water partition coefficient (Wildman–Crippen LogP) is 3.70. The molecule has 5 atom stereocenters. The molecule has 0 saturated heterocycles. The van der Waals surface area contributed by atoms with Crippen molar-refractivity contribution < 1.29 is 38.6 Å². The lowest BCUT2D eigenvalue weighted by Crippen LogP contribution is -2.59. The normalized spacial score (nSPS) is 14.0. The summed E-state index contributed by atoms with van der Waals surface area (Å²) in [7, 11) is 0. The second kappa shape index (κ2) is 20.5. The first kappa shape index (κ1) is 42.7. The second-order valence-electron chi connectivity index (χ2n) is 14.6. The Hall–Kier alpha value is -5.72. The van der Waals surface area contributed by atoms with E-state index in [9.17, 15) is 33.9 Å². The number of aliphatic carboxylic acids is 1. The molecule has 0 aliphatic heterocycles. The van der Waals surface area contributed by atoms with E-state index in [-0.39, 0.29) is 31.6 Å². The van der Waals surface area contributed by atoms with Crippen molar-refractivity contribution in [2.45, 2.75) is 103 Å². The van der Waals surface area contributed by atoms with Crippen LogP contribution in [-0.4, -0.2) is 76.6 Å². The third-order valence-corrected chi connectivity index (χ3v) is 8.20. The molecule has 0 aliphatic carbocycles. The van der Waals surface area contributed by atoms with E-state index < -0.39 is 71.5 Å². The SMILES string of the molecule is CC(C)C[C@@H](NC(=O)[C@H](Cc1ccccc1)NC(=O)[C@H](C)NC(=O)[C@H](Cc1ccccc1)NC(=O)OC(C)(C)C)C(=O)N[C@@H](Cc1ccccc1)C(=O)O. The van der Waals surface area contributed by atoms with Gasteiger partial charge in [0.05, 0.1) is 0 Å². The maximum absolute atomic E-state index is 13.9. The van der Waals surface area contributed by atoms with Crippen molar-refractivity contribution in [1.29, 1.82) is 0 Å². The molecule has 0 aromatic heterocycles. The lowest BCUT2D eigenvalue weighted by molar-refractivity contribution is -0.142. The van der Waals surface area contributed by atoms with Crippen molar-refractivity contribution in [3.63, 3.8) is 0 Å². The molecule has 0 spiro atoms. The number of carbonyl (C=O) groups excluding carboxylic acids is 5. The van der Waals surface area contributed by atoms with E-state index in [4.69, 9.17) is 4.74 Å². The smallest absolute Gasteiger partial charge is 0.408 e. The highest BCUT2D eigenvalue weighted by Crippen LogP contribution is 2.12. The first-order valence-corrected chi connectivity index (χ1v) is 18.1. The highest BCUT2D eigenvalue weighted by Gasteiger charge is 2.32. The topological polar surface area (TPSA) is 192 Å². The van der Waals surface area contributed by atoms with E-state index in [2.05, 4.69) is 26.6 Å². The maximum atomic E-state index is 13.9. The van der Waals surface area contributed by atoms with Crippen LogP contribution in [0.15, 0.2) is 91.0 Å². The average molecular weight is 744 g/mol. The van der Waals surface area contributed by atoms with Crippen LogP contribution in [0.5, 0.6) is 0 Å². The van der Waals surface area contributed by atoms with Crippen LogP contribution in [0.25, 0.3) is 0 Å². The minimum Gasteiger partial charge on any atom is -0.480 e. The van der Waals surface area contributed by atoms with Crippen molar-refractivity contribution in [1.82, 2.24) is 26.6 Å². The molecule has 290 valence electrons. The molecule has 6 N–H and O–H groups in total. The van der Waals surface area contributed by atoms with E-state index in [1.165, 1.54) is 6.92 Å². The molecule has 13 nitrogen and oxygen atoms in total. The molecule has 0 saturated carbocycles. The van der Waals surface area contributed by atoms with Crippen LogP contribution in [0.4, 0.5) is 4.79 Å². The van der Waals surface area contributed by atoms with Crippen molar-refractivity contribution in [3.05, 3.63) is 108 Å². The average Bonchev–Trinajstić information content (AvgIpc) is 3.10. The molecule has 0 heterocycles. The van der Waals surface area contributed by atoms with Crippen molar-refractivity contribution in [2.75, 3.05) is 0 Å². The van der Waals surface area contributed by atoms with Gasteiger partial charge in [-0.2, -0.15) is 0 Å². The molecule has 13 heteroatoms. The molecule has 3 rings (SSSR count). The standard InChI is InChI=1S/C41H53N5O8/c1-26(2)22-31(37(49)45-34(39(51)52)25-30-20-14-9-15-21-30)44-38(50)32(23-28-16-10-7-11-17-28)43-35(47)27(3)42-36(48)33(24-29-18-12-8-13-19-29)46-40(53)54-41(4,5)6/h7-21,26-27,31-34H,22-25H2,1-6H3,(H,42,48)(H,43,47)(H,44,50)(H,45,49)(H,46,53)(H,51,52)/t27-,31+,32-,33-,34-/m0/s1. The number of alkyl carbamates (subject to hydrolysis) is 1. The third kappa shape index (κ3) is 15.1. The van der Waals surface area contributed by atoms with Crippen molar-refractivity contribution >= 4 is 35.7 Å². The van der Waals surface area contributed by atoms with E-state index in [0.717, 1.165) is 11.1 Å². The summed E-state index contributed by atoms with van der Waals surface area (Å²) in [6.45, 7) is 10.3. The molecule has 0 radical (unpaired) electrons. The highest BCUT2D eigenvalue weighted by molar-refractivity contribution is 5.96. The molecule has 3 aromatic rings. The van der Waals surface area contributed by atoms with Crippen molar-refractivity contribution in [2.24, 2.45) is 5.92 Å². The van der Waals surface area contributed by atoms with Gasteiger partial charge in [-0.3, -0.25) is 19.2 Å². The zero-order chi connectivity index (χ0) is 39.8. The van der Waals surface area contributed by atoms with Crippen LogP contribution in [0, 0.1) is 5.92 Å². The summed E-state index contributed by atoms with van der Waals surface area (Å²) in [4.78, 5) is 79.3. The lowest BCUT2D eigenvalue weighted by atomic mass is 10.00. The monoisotopic (exact) mass is 743 g/mol. The van der Waals surface area contributed by atoms with E-state index in [0.29, 0.717) is 5.56 Å². The fraction of sp³-hybridized carbons (Fsp3) is 0.415. The van der Waals surface area contributed by atoms with Gasteiger partial charge in [0.1, 0.15) is 35.8 Å². The molecule has 0 fully saturated rings. The Morgan fingerprint density at radius 3 is 1.33 bits per heavy atom. The summed E-state index contributed by atoms with van der Waals surface area (Å²) >= 11 is 0. The van der Waals surface area contributed by atoms with Gasteiger partial charge in [-0.05, 0) is 56.7 Å². The molecular formula is C41H53N5O8. The van der Waals surface area contributed by atoms with E-state index >= 15 is 0 Å². The van der Waals surface area contributed by atoms with Gasteiger partial charge < -0.3 is 36.4 Å². The number of carboxylic acid groups (broad SMARTS) is 1. The number of nitrogens with one attached hydrogen (secondary N) is 5. The lowest BCUT2D eigenvalue weighted by Gasteiger charge is -2.27. The number of hydrogen-bond donors (Lipinski definition) is 6. The summed E-state index contributed by atoms with van der Waals surface area (Å²) < 4.78 is 5.36. The fourth-order valence-electron chi connectivity index (χ4n) is 5.54. The summed E-state index contributed by atoms with van der Waals surface area (Å²) in [5.74, 6) is -3.96. The summed E-state index contributed by atoms with van der Waals surface area (Å²) in [6, 6.07) is 21.1. The van der Waals surface area contributed by atoms with Crippen LogP contribution in [0.3, 0.4) is 0 Å². The number of benzene rings is 3. The van der Waals surface area contributed by atoms with Crippen LogP contribution < -0.4 is 26.6 Å². The molecule has 54 heavy (non-hydrogen) atoms. The highest BCUT2D eigenvalue weighted by atomic mass is 16.6. The Bertz CT molecular complexity index is 1700. The van der Waals surface area contributed by atoms with E-state index in [1.54, 1.807) is 99.6 Å². The minimum absolute atomic E-state index is 0.0417. The minimum atomic E-state index is -1.24. The van der Waals surface area contributed by atoms with Gasteiger partial charge >= 0.3 is 12.1 Å². The molecule has 5 amide bonds. The maximum Gasteiger partial charge on any atom is 0.408 e. The molecule has 0 bridgehead atoms. The molecular weight excluding hydrogens is 690 g/mol. The number of hydrogen-bond acceptors (Lipinski definition) is 7. The van der Waals surface area contributed by atoms with Crippen LogP contribution in [0.1, 0.15) is 64.7 Å². The van der Waals surface area contributed by atoms with Gasteiger partial charge in [0.15, 0.2) is 0 Å². The third-order valence-electron chi connectivity index (χ3n) is 8.20. The molecule has 0 unspecified atom stereocenters. The van der Waals surface area contributed by atoms with Gasteiger partial charge in [-0.25, -0.2) is 9.59 Å². The Morgan fingerprint density at radius 1 is 0.537 bits per heavy atom. The van der Waals surface area contributed by atoms with Gasteiger partial charge in [0.2, 0.25) is 23.6 Å². The molecule has 3 aromatic carbocycles. The zero-order valence-corrected chi connectivity index (χ0v) is 31.8. The Morgan fingerprint density at radius 2 is 0.907 bits per heavy atom. The number of amides is 5. The fourth-order valence-corrected chi connectivity index (χ4v) is 5.54. The number of carboxylic acids is 1. The Balaban J connectivity index is 1.78. The van der Waals surface area contributed by atoms with Crippen molar-refractivity contribution in [3.8, 4) is 0 Å². The van der Waals surface area contributed by atoms with Crippen LogP contribution >= 0.6 is 0 Å². The van der Waals surface area contributed by atoms with Gasteiger partial charge in [0, 0.05) is 19.3 Å². The van der Waals surface area contributed by atoms with Gasteiger partial charge in [-0.15, -0.1) is 0 Å². The number of ether oxygens (including phenoxy) is 1. The quantitative estimate of drug-likeness (QED) is 0.114. The Kier molecular flexibility index (Phi) is 16.2. The van der Waals surface area contributed by atoms with Gasteiger partial charge in [0.25, 0.3) is 0 Å². The first-order valence-electron chi connectivity index (χ1n) is 18.1. The first-order chi connectivity index (χ1) is 25.5. The summed E-state index contributed by atoms with van der Waals surface area (Å²) in [5, 5.41) is 23.1. The second-order valence-corrected chi connectivity index (χ2v) is 14.6. The summed E-state index contributed by atoms with van der Waals surface area (Å²) in [5.41, 5.74) is 1.39. The van der Waals surface area contributed by atoms with Crippen LogP contribution in [-0.2, 0) is 48.0 Å². The Labute approximate surface area is 317 Å². The van der Waals surface area contributed by atoms with Gasteiger partial charge in [-0.1, -0.05) is 105 Å². The predicted molar refractivity (Wildman–Crippen MR) is 204 cm³/mol. The number of carbonyl (C=O) groups is 6. The summed E-state index contributed by atoms with van der Waals surface area (Å²) in [6.07, 6.45) is -0.393. The molecule has 0 aliphatic rings. The largest absolute Gasteiger partial charge is 0.480 e. The number of rotatable bonds is 18. The van der Waals surface area contributed by atoms with E-state index in [1.807, 2.05) is 26.0 Å². The zero-order valence-electron chi connectivity index (χ0n) is 31.8.